The van der Waals surface area contributed by atoms with Crippen molar-refractivity contribution in [3.05, 3.63) is 0 Å². The maximum atomic E-state index is 10.5. The summed E-state index contributed by atoms with van der Waals surface area (Å²) in [7, 11) is 0. The zero-order valence-corrected chi connectivity index (χ0v) is 18.8. The van der Waals surface area contributed by atoms with Crippen molar-refractivity contribution >= 4 is 5.97 Å². The van der Waals surface area contributed by atoms with Crippen LogP contribution in [0.3, 0.4) is 0 Å². The minimum atomic E-state index is -0.263. The molecule has 1 N–H and O–H groups in total. The quantitative estimate of drug-likeness (QED) is 0.234. The summed E-state index contributed by atoms with van der Waals surface area (Å²) < 4.78 is 0. The number of nitrogens with one attached hydrogen (secondary N) is 1. The van der Waals surface area contributed by atoms with E-state index in [-0.39, 0.29) is 37.0 Å². The smallest absolute Gasteiger partial charge is 1.00 e. The minimum absolute atomic E-state index is 0. The molecule has 0 aliphatic carbocycles. The van der Waals surface area contributed by atoms with Crippen LogP contribution in [0.4, 0.5) is 0 Å². The van der Waals surface area contributed by atoms with E-state index >= 15 is 0 Å². The van der Waals surface area contributed by atoms with Gasteiger partial charge in [0.2, 0.25) is 0 Å². The summed E-state index contributed by atoms with van der Waals surface area (Å²) >= 11 is 0. The Morgan fingerprint density at radius 3 is 1.38 bits per heavy atom. The van der Waals surface area contributed by atoms with Gasteiger partial charge >= 0.3 is 35.5 Å². The molecule has 0 bridgehead atoms. The van der Waals surface area contributed by atoms with Gasteiger partial charge < -0.3 is 6.26 Å². The molecule has 0 aliphatic rings. The van der Waals surface area contributed by atoms with Crippen LogP contribution in [0.5, 0.6) is 0 Å². The molecule has 0 unspecified atom stereocenters. The number of unbranched alkanes of at least 4 members (excludes halogenated alkanes) is 15. The molecule has 0 saturated heterocycles. The van der Waals surface area contributed by atoms with E-state index in [1.54, 1.807) is 0 Å². The normalized spacial score (nSPS) is 10.4. The number of carbonyl (C=O) groups excluding carboxylic acids is 1. The first kappa shape index (κ1) is 26.7. The molecular weight excluding hydrogens is 309 g/mol. The Bertz CT molecular complexity index is 256. The Labute approximate surface area is 174 Å². The SMILES string of the molecule is CCCCCCCCCCCCCCCCCCNOC(C)=O.[H-].[Na+]. The molecular formula is C20H42NNaO2. The predicted octanol–water partition coefficient (Wildman–Crippen LogP) is 3.43. The molecule has 0 aromatic rings. The fraction of sp³-hybridized carbons (Fsp3) is 0.950. The summed E-state index contributed by atoms with van der Waals surface area (Å²) in [6, 6.07) is 0. The molecule has 0 radical (unpaired) electrons. The second-order valence-corrected chi connectivity index (χ2v) is 6.79. The Balaban J connectivity index is -0.00000242. The van der Waals surface area contributed by atoms with E-state index in [2.05, 4.69) is 17.2 Å². The first-order chi connectivity index (χ1) is 11.3. The Kier molecular flexibility index (Phi) is 26.0. The number of hydroxylamine groups is 1. The minimum Gasteiger partial charge on any atom is -1.00 e. The molecule has 24 heavy (non-hydrogen) atoms. The molecule has 0 heterocycles. The van der Waals surface area contributed by atoms with Crippen LogP contribution in [0.15, 0.2) is 0 Å². The molecule has 3 nitrogen and oxygen atoms in total. The van der Waals surface area contributed by atoms with Crippen LogP contribution in [-0.4, -0.2) is 12.5 Å². The van der Waals surface area contributed by atoms with Crippen LogP contribution in [0.25, 0.3) is 0 Å². The fourth-order valence-corrected chi connectivity index (χ4v) is 2.90. The maximum absolute atomic E-state index is 10.5. The molecule has 0 aromatic carbocycles. The van der Waals surface area contributed by atoms with E-state index in [1.807, 2.05) is 0 Å². The second-order valence-electron chi connectivity index (χ2n) is 6.79. The third-order valence-corrected chi connectivity index (χ3v) is 4.35. The van der Waals surface area contributed by atoms with Crippen LogP contribution >= 0.6 is 0 Å². The standard InChI is InChI=1S/C20H41NO2.Na.H/c1-3-4-5-6-7-8-9-10-11-12-13-14-15-16-17-18-19-21-23-20(2)22;;/h21H,3-19H2,1-2H3;;/q;+1;-1. The molecule has 0 rings (SSSR count). The van der Waals surface area contributed by atoms with E-state index < -0.39 is 0 Å². The van der Waals surface area contributed by atoms with E-state index in [1.165, 1.54) is 103 Å². The molecule has 0 atom stereocenters. The van der Waals surface area contributed by atoms with Gasteiger partial charge in [-0.05, 0) is 6.42 Å². The van der Waals surface area contributed by atoms with Crippen LogP contribution in [0.1, 0.15) is 118 Å². The number of carbonyl (C=O) groups is 1. The van der Waals surface area contributed by atoms with Crippen molar-refractivity contribution in [2.45, 2.75) is 117 Å². The first-order valence-corrected chi connectivity index (χ1v) is 10.2. The van der Waals surface area contributed by atoms with E-state index in [0.717, 1.165) is 13.0 Å². The zero-order valence-electron chi connectivity index (χ0n) is 17.8. The molecule has 0 spiro atoms. The molecule has 0 saturated carbocycles. The van der Waals surface area contributed by atoms with Gasteiger partial charge in [0.25, 0.3) is 0 Å². The largest absolute Gasteiger partial charge is 1.00 e. The topological polar surface area (TPSA) is 38.3 Å². The first-order valence-electron chi connectivity index (χ1n) is 10.2. The van der Waals surface area contributed by atoms with Crippen LogP contribution in [-0.2, 0) is 9.63 Å². The van der Waals surface area contributed by atoms with Crippen molar-refractivity contribution in [3.63, 3.8) is 0 Å². The van der Waals surface area contributed by atoms with E-state index in [9.17, 15) is 4.79 Å². The second kappa shape index (κ2) is 23.4. The van der Waals surface area contributed by atoms with Crippen molar-refractivity contribution in [2.24, 2.45) is 0 Å². The summed E-state index contributed by atoms with van der Waals surface area (Å²) in [5.41, 5.74) is 2.68. The number of hydrogen-bond donors (Lipinski definition) is 1. The fourth-order valence-electron chi connectivity index (χ4n) is 2.90. The van der Waals surface area contributed by atoms with Crippen molar-refractivity contribution in [1.82, 2.24) is 5.48 Å². The average Bonchev–Trinajstić information content (AvgIpc) is 2.53. The van der Waals surface area contributed by atoms with Crippen molar-refractivity contribution in [1.29, 1.82) is 0 Å². The van der Waals surface area contributed by atoms with Gasteiger partial charge in [-0.25, -0.2) is 0 Å². The molecule has 140 valence electrons. The third-order valence-electron chi connectivity index (χ3n) is 4.35. The van der Waals surface area contributed by atoms with Crippen molar-refractivity contribution in [3.8, 4) is 0 Å². The summed E-state index contributed by atoms with van der Waals surface area (Å²) in [6.07, 6.45) is 22.1. The summed E-state index contributed by atoms with van der Waals surface area (Å²) in [4.78, 5) is 15.2. The Morgan fingerprint density at radius 2 is 1.04 bits per heavy atom. The van der Waals surface area contributed by atoms with Gasteiger partial charge in [0, 0.05) is 13.5 Å². The van der Waals surface area contributed by atoms with Crippen molar-refractivity contribution < 1.29 is 40.6 Å². The van der Waals surface area contributed by atoms with Gasteiger partial charge in [-0.2, -0.15) is 5.48 Å². The Morgan fingerprint density at radius 1 is 0.708 bits per heavy atom. The van der Waals surface area contributed by atoms with Gasteiger partial charge in [0.15, 0.2) is 0 Å². The molecule has 0 fully saturated rings. The van der Waals surface area contributed by atoms with Crippen LogP contribution in [0, 0.1) is 0 Å². The summed E-state index contributed by atoms with van der Waals surface area (Å²) in [6.45, 7) is 4.47. The maximum Gasteiger partial charge on any atom is 1.00 e. The molecule has 0 amide bonds. The van der Waals surface area contributed by atoms with Crippen LogP contribution in [0.2, 0.25) is 0 Å². The van der Waals surface area contributed by atoms with Crippen LogP contribution < -0.4 is 35.0 Å². The van der Waals surface area contributed by atoms with Gasteiger partial charge in [0.05, 0.1) is 0 Å². The summed E-state index contributed by atoms with van der Waals surface area (Å²) in [5, 5.41) is 0. The van der Waals surface area contributed by atoms with Gasteiger partial charge in [-0.1, -0.05) is 103 Å². The number of rotatable bonds is 18. The number of hydrogen-bond acceptors (Lipinski definition) is 3. The third kappa shape index (κ3) is 24.7. The summed E-state index contributed by atoms with van der Waals surface area (Å²) in [5.74, 6) is -0.263. The van der Waals surface area contributed by atoms with Crippen molar-refractivity contribution in [2.75, 3.05) is 6.54 Å². The van der Waals surface area contributed by atoms with E-state index in [4.69, 9.17) is 0 Å². The molecule has 0 aliphatic heterocycles. The van der Waals surface area contributed by atoms with E-state index in [0.29, 0.717) is 0 Å². The Hall–Kier alpha value is 0.430. The average molecular weight is 352 g/mol. The van der Waals surface area contributed by atoms with Gasteiger partial charge in [-0.3, -0.25) is 4.79 Å². The monoisotopic (exact) mass is 351 g/mol. The van der Waals surface area contributed by atoms with Gasteiger partial charge in [-0.15, -0.1) is 0 Å². The molecule has 0 aromatic heterocycles. The zero-order chi connectivity index (χ0) is 17.0. The predicted molar refractivity (Wildman–Crippen MR) is 100 cm³/mol. The molecule has 4 heteroatoms. The van der Waals surface area contributed by atoms with Gasteiger partial charge in [0.1, 0.15) is 0 Å².